The summed E-state index contributed by atoms with van der Waals surface area (Å²) in [5.74, 6) is 1.33. The van der Waals surface area contributed by atoms with Crippen LogP contribution in [0, 0.1) is 5.92 Å². The summed E-state index contributed by atoms with van der Waals surface area (Å²) in [4.78, 5) is 12.3. The molecule has 2 aromatic rings. The fourth-order valence-electron chi connectivity index (χ4n) is 2.30. The molecule has 1 aromatic carbocycles. The van der Waals surface area contributed by atoms with Gasteiger partial charge >= 0.3 is 0 Å². The van der Waals surface area contributed by atoms with E-state index in [1.54, 1.807) is 10.6 Å². The first-order chi connectivity index (χ1) is 10.4. The molecule has 0 aliphatic carbocycles. The topological polar surface area (TPSA) is 57.2 Å². The number of nitrogen functional groups attached to an aromatic ring is 1. The zero-order valence-electron chi connectivity index (χ0n) is 13.7. The molecule has 4 nitrogen and oxygen atoms in total. The summed E-state index contributed by atoms with van der Waals surface area (Å²) < 4.78 is 7.41. The SMILES string of the molecule is CC(C)COc1ccc(-c2ccc(N)c(=O)n2C(C)C)cc1. The Morgan fingerprint density at radius 2 is 1.68 bits per heavy atom. The number of hydrogen-bond acceptors (Lipinski definition) is 3. The van der Waals surface area contributed by atoms with E-state index in [0.717, 1.165) is 17.0 Å². The fraction of sp³-hybridized carbons (Fsp3) is 0.389. The first-order valence-corrected chi connectivity index (χ1v) is 7.64. The zero-order chi connectivity index (χ0) is 16.3. The van der Waals surface area contributed by atoms with Gasteiger partial charge in [-0.3, -0.25) is 4.79 Å². The van der Waals surface area contributed by atoms with Crippen molar-refractivity contribution in [1.29, 1.82) is 0 Å². The van der Waals surface area contributed by atoms with Crippen LogP contribution in [0.3, 0.4) is 0 Å². The van der Waals surface area contributed by atoms with Gasteiger partial charge in [0.05, 0.1) is 18.0 Å². The number of pyridine rings is 1. The highest BCUT2D eigenvalue weighted by Crippen LogP contribution is 2.24. The number of benzene rings is 1. The second-order valence-corrected chi connectivity index (χ2v) is 6.17. The van der Waals surface area contributed by atoms with Crippen LogP contribution >= 0.6 is 0 Å². The molecule has 4 heteroatoms. The summed E-state index contributed by atoms with van der Waals surface area (Å²) >= 11 is 0. The van der Waals surface area contributed by atoms with Gasteiger partial charge in [0.15, 0.2) is 0 Å². The summed E-state index contributed by atoms with van der Waals surface area (Å²) in [6, 6.07) is 11.4. The summed E-state index contributed by atoms with van der Waals surface area (Å²) in [5, 5.41) is 0. The van der Waals surface area contributed by atoms with Crippen molar-refractivity contribution < 1.29 is 4.74 Å². The number of nitrogens with two attached hydrogens (primary N) is 1. The molecule has 118 valence electrons. The molecule has 2 rings (SSSR count). The normalized spacial score (nSPS) is 11.2. The van der Waals surface area contributed by atoms with Crippen LogP contribution in [0.1, 0.15) is 33.7 Å². The standard InChI is InChI=1S/C18H24N2O2/c1-12(2)11-22-15-7-5-14(6-8-15)17-10-9-16(19)18(21)20(17)13(3)4/h5-10,12-13H,11,19H2,1-4H3. The molecule has 1 heterocycles. The van der Waals surface area contributed by atoms with Crippen LogP contribution in [-0.4, -0.2) is 11.2 Å². The van der Waals surface area contributed by atoms with E-state index >= 15 is 0 Å². The fourth-order valence-corrected chi connectivity index (χ4v) is 2.30. The Balaban J connectivity index is 2.36. The van der Waals surface area contributed by atoms with Gasteiger partial charge in [-0.1, -0.05) is 13.8 Å². The highest BCUT2D eigenvalue weighted by atomic mass is 16.5. The number of hydrogen-bond donors (Lipinski definition) is 1. The number of ether oxygens (including phenoxy) is 1. The molecular weight excluding hydrogens is 276 g/mol. The molecule has 0 amide bonds. The average molecular weight is 300 g/mol. The first-order valence-electron chi connectivity index (χ1n) is 7.64. The van der Waals surface area contributed by atoms with Gasteiger partial charge in [-0.15, -0.1) is 0 Å². The molecule has 1 aromatic heterocycles. The second kappa shape index (κ2) is 6.69. The van der Waals surface area contributed by atoms with E-state index in [2.05, 4.69) is 13.8 Å². The molecule has 0 unspecified atom stereocenters. The van der Waals surface area contributed by atoms with Gasteiger partial charge in [0, 0.05) is 6.04 Å². The van der Waals surface area contributed by atoms with Gasteiger partial charge in [0.2, 0.25) is 0 Å². The molecule has 0 aliphatic heterocycles. The van der Waals surface area contributed by atoms with Crippen LogP contribution in [0.2, 0.25) is 0 Å². The number of rotatable bonds is 5. The highest BCUT2D eigenvalue weighted by Gasteiger charge is 2.11. The van der Waals surface area contributed by atoms with Crippen molar-refractivity contribution in [3.05, 3.63) is 46.8 Å². The van der Waals surface area contributed by atoms with Crippen LogP contribution in [-0.2, 0) is 0 Å². The Labute approximate surface area is 131 Å². The Kier molecular flexibility index (Phi) is 4.91. The van der Waals surface area contributed by atoms with Crippen molar-refractivity contribution in [2.45, 2.75) is 33.7 Å². The molecule has 0 spiro atoms. The van der Waals surface area contributed by atoms with E-state index < -0.39 is 0 Å². The molecule has 0 aliphatic rings. The van der Waals surface area contributed by atoms with Crippen molar-refractivity contribution >= 4 is 5.69 Å². The van der Waals surface area contributed by atoms with Gasteiger partial charge in [-0.05, 0) is 61.7 Å². The Morgan fingerprint density at radius 3 is 2.23 bits per heavy atom. The monoisotopic (exact) mass is 300 g/mol. The third kappa shape index (κ3) is 3.50. The van der Waals surface area contributed by atoms with E-state index in [1.165, 1.54) is 0 Å². The summed E-state index contributed by atoms with van der Waals surface area (Å²) in [5.41, 5.74) is 7.71. The molecule has 0 fully saturated rings. The molecule has 22 heavy (non-hydrogen) atoms. The summed E-state index contributed by atoms with van der Waals surface area (Å²) in [6.07, 6.45) is 0. The maximum absolute atomic E-state index is 12.3. The largest absolute Gasteiger partial charge is 0.493 e. The minimum Gasteiger partial charge on any atom is -0.493 e. The summed E-state index contributed by atoms with van der Waals surface area (Å²) in [7, 11) is 0. The van der Waals surface area contributed by atoms with E-state index in [-0.39, 0.29) is 17.3 Å². The van der Waals surface area contributed by atoms with Crippen molar-refractivity contribution in [2.75, 3.05) is 12.3 Å². The minimum atomic E-state index is -0.146. The van der Waals surface area contributed by atoms with Gasteiger partial charge < -0.3 is 15.0 Å². The van der Waals surface area contributed by atoms with Crippen LogP contribution in [0.15, 0.2) is 41.2 Å². The number of aromatic nitrogens is 1. The number of nitrogens with zero attached hydrogens (tertiary/aromatic N) is 1. The Hall–Kier alpha value is -2.23. The van der Waals surface area contributed by atoms with Gasteiger partial charge in [-0.25, -0.2) is 0 Å². The third-order valence-electron chi connectivity index (χ3n) is 3.40. The van der Waals surface area contributed by atoms with Crippen LogP contribution in [0.4, 0.5) is 5.69 Å². The lowest BCUT2D eigenvalue weighted by Crippen LogP contribution is -2.25. The molecule has 0 radical (unpaired) electrons. The average Bonchev–Trinajstić information content (AvgIpc) is 2.48. The van der Waals surface area contributed by atoms with Gasteiger partial charge in [0.1, 0.15) is 5.75 Å². The predicted molar refractivity (Wildman–Crippen MR) is 91.3 cm³/mol. The highest BCUT2D eigenvalue weighted by molar-refractivity contribution is 5.62. The van der Waals surface area contributed by atoms with Crippen LogP contribution < -0.4 is 16.0 Å². The van der Waals surface area contributed by atoms with Crippen LogP contribution in [0.5, 0.6) is 5.75 Å². The van der Waals surface area contributed by atoms with E-state index in [1.807, 2.05) is 44.2 Å². The van der Waals surface area contributed by atoms with E-state index in [4.69, 9.17) is 10.5 Å². The Bertz CT molecular complexity index is 685. The summed E-state index contributed by atoms with van der Waals surface area (Å²) in [6.45, 7) is 8.88. The van der Waals surface area contributed by atoms with Crippen LogP contribution in [0.25, 0.3) is 11.3 Å². The molecular formula is C18H24N2O2. The number of anilines is 1. The lowest BCUT2D eigenvalue weighted by atomic mass is 10.1. The zero-order valence-corrected chi connectivity index (χ0v) is 13.7. The Morgan fingerprint density at radius 1 is 1.05 bits per heavy atom. The second-order valence-electron chi connectivity index (χ2n) is 6.17. The van der Waals surface area contributed by atoms with Gasteiger partial charge in [-0.2, -0.15) is 0 Å². The minimum absolute atomic E-state index is 0.0443. The van der Waals surface area contributed by atoms with Crippen molar-refractivity contribution in [3.8, 4) is 17.0 Å². The molecule has 2 N–H and O–H groups in total. The maximum Gasteiger partial charge on any atom is 0.274 e. The molecule has 0 bridgehead atoms. The maximum atomic E-state index is 12.3. The molecule has 0 saturated carbocycles. The van der Waals surface area contributed by atoms with Gasteiger partial charge in [0.25, 0.3) is 5.56 Å². The van der Waals surface area contributed by atoms with Crippen molar-refractivity contribution in [2.24, 2.45) is 5.92 Å². The van der Waals surface area contributed by atoms with E-state index in [9.17, 15) is 4.79 Å². The van der Waals surface area contributed by atoms with E-state index in [0.29, 0.717) is 12.5 Å². The lowest BCUT2D eigenvalue weighted by molar-refractivity contribution is 0.271. The van der Waals surface area contributed by atoms with Crippen molar-refractivity contribution in [3.63, 3.8) is 0 Å². The molecule has 0 atom stereocenters. The molecule has 0 saturated heterocycles. The predicted octanol–water partition coefficient (Wildman–Crippen LogP) is 3.71. The third-order valence-corrected chi connectivity index (χ3v) is 3.40. The quantitative estimate of drug-likeness (QED) is 0.915. The van der Waals surface area contributed by atoms with Crippen molar-refractivity contribution in [1.82, 2.24) is 4.57 Å². The lowest BCUT2D eigenvalue weighted by Gasteiger charge is -2.17. The smallest absolute Gasteiger partial charge is 0.274 e. The first kappa shape index (κ1) is 16.1.